The van der Waals surface area contributed by atoms with E-state index in [9.17, 15) is 0 Å². The molecule has 0 N–H and O–H groups in total. The fourth-order valence-corrected chi connectivity index (χ4v) is 2.52. The van der Waals surface area contributed by atoms with Crippen molar-refractivity contribution in [3.8, 4) is 5.88 Å². The number of aromatic nitrogens is 2. The molecule has 0 saturated carbocycles. The van der Waals surface area contributed by atoms with Crippen LogP contribution in [0.3, 0.4) is 0 Å². The number of halogens is 2. The summed E-state index contributed by atoms with van der Waals surface area (Å²) in [6, 6.07) is 15.6. The largest absolute Gasteiger partial charge is 0.471 e. The summed E-state index contributed by atoms with van der Waals surface area (Å²) in [7, 11) is 0. The molecular weight excluding hydrogens is 340 g/mol. The van der Waals surface area contributed by atoms with Crippen molar-refractivity contribution in [2.75, 3.05) is 0 Å². The first-order valence-electron chi connectivity index (χ1n) is 6.03. The molecule has 2 aromatic carbocycles. The lowest BCUT2D eigenvalue weighted by atomic mass is 10.2. The smallest absolute Gasteiger partial charge is 0.241 e. The van der Waals surface area contributed by atoms with Crippen LogP contribution in [-0.4, -0.2) is 10.2 Å². The lowest BCUT2D eigenvalue weighted by Crippen LogP contribution is -2.00. The summed E-state index contributed by atoms with van der Waals surface area (Å²) in [5.41, 5.74) is 1.05. The second-order valence-electron chi connectivity index (χ2n) is 4.22. The van der Waals surface area contributed by atoms with Gasteiger partial charge in [-0.05, 0) is 12.1 Å². The molecule has 0 aliphatic rings. The zero-order valence-electron chi connectivity index (χ0n) is 10.4. The monoisotopic (exact) mass is 348 g/mol. The molecule has 0 unspecified atom stereocenters. The first-order chi connectivity index (χ1) is 9.75. The molecular formula is C15H10BrClN2O. The molecule has 0 spiro atoms. The normalized spacial score (nSPS) is 10.7. The third kappa shape index (κ3) is 2.62. The Bertz CT molecular complexity index is 764. The van der Waals surface area contributed by atoms with Crippen LogP contribution in [0, 0.1) is 0 Å². The number of nitrogens with zero attached hydrogens (tertiary/aromatic N) is 2. The standard InChI is InChI=1S/C15H10BrClN2O/c16-13-8-4-1-5-10(13)9-20-15-12-7-3-2-6-11(12)14(17)18-19-15/h1-8H,9H2. The van der Waals surface area contributed by atoms with Gasteiger partial charge in [0, 0.05) is 20.8 Å². The van der Waals surface area contributed by atoms with Gasteiger partial charge in [-0.3, -0.25) is 0 Å². The quantitative estimate of drug-likeness (QED) is 0.692. The van der Waals surface area contributed by atoms with Crippen molar-refractivity contribution in [3.05, 3.63) is 63.7 Å². The summed E-state index contributed by atoms with van der Waals surface area (Å²) in [6.07, 6.45) is 0. The Morgan fingerprint density at radius 1 is 0.950 bits per heavy atom. The second-order valence-corrected chi connectivity index (χ2v) is 5.43. The molecule has 100 valence electrons. The highest BCUT2D eigenvalue weighted by Gasteiger charge is 2.09. The van der Waals surface area contributed by atoms with E-state index >= 15 is 0 Å². The third-order valence-electron chi connectivity index (χ3n) is 2.93. The summed E-state index contributed by atoms with van der Waals surface area (Å²) < 4.78 is 6.78. The Labute approximate surface area is 129 Å². The van der Waals surface area contributed by atoms with Gasteiger partial charge in [-0.2, -0.15) is 0 Å². The fourth-order valence-electron chi connectivity index (χ4n) is 1.91. The van der Waals surface area contributed by atoms with Crippen LogP contribution in [0.5, 0.6) is 5.88 Å². The van der Waals surface area contributed by atoms with Crippen LogP contribution in [0.25, 0.3) is 10.8 Å². The fraction of sp³-hybridized carbons (Fsp3) is 0.0667. The van der Waals surface area contributed by atoms with E-state index in [2.05, 4.69) is 26.1 Å². The van der Waals surface area contributed by atoms with Crippen molar-refractivity contribution in [3.63, 3.8) is 0 Å². The molecule has 3 aromatic rings. The van der Waals surface area contributed by atoms with Gasteiger partial charge in [0.1, 0.15) is 6.61 Å². The van der Waals surface area contributed by atoms with E-state index in [0.717, 1.165) is 20.8 Å². The molecule has 0 aliphatic heterocycles. The van der Waals surface area contributed by atoms with Gasteiger partial charge in [-0.25, -0.2) is 0 Å². The zero-order valence-corrected chi connectivity index (χ0v) is 12.7. The van der Waals surface area contributed by atoms with Gasteiger partial charge in [0.25, 0.3) is 0 Å². The summed E-state index contributed by atoms with van der Waals surface area (Å²) in [5, 5.41) is 10.0. The molecule has 0 atom stereocenters. The third-order valence-corrected chi connectivity index (χ3v) is 3.98. The van der Waals surface area contributed by atoms with E-state index in [0.29, 0.717) is 17.6 Å². The van der Waals surface area contributed by atoms with Gasteiger partial charge in [-0.15, -0.1) is 10.2 Å². The van der Waals surface area contributed by atoms with Gasteiger partial charge in [-0.1, -0.05) is 63.9 Å². The molecule has 0 radical (unpaired) electrons. The van der Waals surface area contributed by atoms with Crippen molar-refractivity contribution in [2.45, 2.75) is 6.61 Å². The van der Waals surface area contributed by atoms with Crippen molar-refractivity contribution in [2.24, 2.45) is 0 Å². The highest BCUT2D eigenvalue weighted by atomic mass is 79.9. The van der Waals surface area contributed by atoms with Crippen molar-refractivity contribution in [1.82, 2.24) is 10.2 Å². The van der Waals surface area contributed by atoms with E-state index in [1.165, 1.54) is 0 Å². The van der Waals surface area contributed by atoms with E-state index < -0.39 is 0 Å². The Morgan fingerprint density at radius 2 is 1.65 bits per heavy atom. The average molecular weight is 350 g/mol. The highest BCUT2D eigenvalue weighted by Crippen LogP contribution is 2.28. The predicted molar refractivity (Wildman–Crippen MR) is 83.0 cm³/mol. The summed E-state index contributed by atoms with van der Waals surface area (Å²) in [4.78, 5) is 0. The minimum absolute atomic E-state index is 0.383. The Kier molecular flexibility index (Phi) is 3.85. The topological polar surface area (TPSA) is 35.0 Å². The van der Waals surface area contributed by atoms with Crippen molar-refractivity contribution < 1.29 is 4.74 Å². The highest BCUT2D eigenvalue weighted by molar-refractivity contribution is 9.10. The van der Waals surface area contributed by atoms with E-state index in [1.807, 2.05) is 48.5 Å². The molecule has 0 bridgehead atoms. The molecule has 5 heteroatoms. The molecule has 20 heavy (non-hydrogen) atoms. The van der Waals surface area contributed by atoms with Crippen LogP contribution in [0.15, 0.2) is 53.0 Å². The maximum atomic E-state index is 6.03. The van der Waals surface area contributed by atoms with E-state index in [-0.39, 0.29) is 0 Å². The first-order valence-corrected chi connectivity index (χ1v) is 7.20. The maximum absolute atomic E-state index is 6.03. The zero-order chi connectivity index (χ0) is 13.9. The van der Waals surface area contributed by atoms with Crippen LogP contribution in [-0.2, 0) is 6.61 Å². The number of hydrogen-bond acceptors (Lipinski definition) is 3. The first kappa shape index (κ1) is 13.3. The van der Waals surface area contributed by atoms with Gasteiger partial charge < -0.3 is 4.74 Å². The van der Waals surface area contributed by atoms with Crippen LogP contribution in [0.1, 0.15) is 5.56 Å². The van der Waals surface area contributed by atoms with Crippen molar-refractivity contribution in [1.29, 1.82) is 0 Å². The number of ether oxygens (including phenoxy) is 1. The number of rotatable bonds is 3. The number of hydrogen-bond donors (Lipinski definition) is 0. The van der Waals surface area contributed by atoms with Crippen LogP contribution < -0.4 is 4.74 Å². The molecule has 3 nitrogen and oxygen atoms in total. The van der Waals surface area contributed by atoms with Crippen LogP contribution in [0.4, 0.5) is 0 Å². The minimum atomic E-state index is 0.383. The SMILES string of the molecule is Clc1nnc(OCc2ccccc2Br)c2ccccc12. The molecule has 0 saturated heterocycles. The van der Waals surface area contributed by atoms with Gasteiger partial charge in [0.05, 0.1) is 0 Å². The van der Waals surface area contributed by atoms with Gasteiger partial charge in [0.2, 0.25) is 5.88 Å². The molecule has 0 amide bonds. The summed E-state index contributed by atoms with van der Waals surface area (Å²) >= 11 is 9.53. The van der Waals surface area contributed by atoms with E-state index in [1.54, 1.807) is 0 Å². The summed E-state index contributed by atoms with van der Waals surface area (Å²) in [6.45, 7) is 0.418. The molecule has 3 rings (SSSR count). The molecule has 1 aromatic heterocycles. The molecule has 1 heterocycles. The summed E-state index contributed by atoms with van der Waals surface area (Å²) in [5.74, 6) is 0.487. The Morgan fingerprint density at radius 3 is 2.45 bits per heavy atom. The lowest BCUT2D eigenvalue weighted by Gasteiger charge is -2.09. The Hall–Kier alpha value is -1.65. The van der Waals surface area contributed by atoms with Crippen LogP contribution in [0.2, 0.25) is 5.15 Å². The van der Waals surface area contributed by atoms with Gasteiger partial charge >= 0.3 is 0 Å². The predicted octanol–water partition coefficient (Wildman–Crippen LogP) is 4.62. The van der Waals surface area contributed by atoms with E-state index in [4.69, 9.17) is 16.3 Å². The molecule has 0 aliphatic carbocycles. The van der Waals surface area contributed by atoms with Gasteiger partial charge in [0.15, 0.2) is 5.15 Å². The lowest BCUT2D eigenvalue weighted by molar-refractivity contribution is 0.294. The average Bonchev–Trinajstić information content (AvgIpc) is 2.48. The maximum Gasteiger partial charge on any atom is 0.241 e. The second kappa shape index (κ2) is 5.77. The Balaban J connectivity index is 1.92. The number of fused-ring (bicyclic) bond motifs is 1. The number of benzene rings is 2. The molecule has 0 fully saturated rings. The van der Waals surface area contributed by atoms with Crippen molar-refractivity contribution >= 4 is 38.3 Å². The van der Waals surface area contributed by atoms with Crippen LogP contribution >= 0.6 is 27.5 Å². The minimum Gasteiger partial charge on any atom is -0.471 e.